The van der Waals surface area contributed by atoms with Crippen LogP contribution in [0.2, 0.25) is 0 Å². The van der Waals surface area contributed by atoms with E-state index in [0.717, 1.165) is 0 Å². The minimum absolute atomic E-state index is 0. The van der Waals surface area contributed by atoms with Crippen molar-refractivity contribution in [3.63, 3.8) is 0 Å². The molecular formula is H20CeN4O18S4. The van der Waals surface area contributed by atoms with Gasteiger partial charge < -0.3 is 53.8 Å². The average Bonchev–Trinajstić information content (AvgIpc) is 1.62. The molecule has 176 valence electrons. The smallest absolute Gasteiger partial charge is 0.726 e. The Bertz CT molecular complexity index is 490. The number of hydrogen-bond donors (Lipinski definition) is 8. The Morgan fingerprint density at radius 2 is 0.407 bits per heavy atom. The fourth-order valence-electron chi connectivity index (χ4n) is 0. The molecule has 0 fully saturated rings. The minimum atomic E-state index is -4.92. The first kappa shape index (κ1) is 70.9. The molecule has 0 spiro atoms. The van der Waals surface area contributed by atoms with Gasteiger partial charge in [0, 0.05) is 0 Å². The molecule has 0 atom stereocenters. The molecular weight excluding hydrogens is 612 g/mol. The Morgan fingerprint density at radius 3 is 0.407 bits per heavy atom. The van der Waals surface area contributed by atoms with Gasteiger partial charge in [-0.1, -0.05) is 0 Å². The fraction of sp³-hybridized carbons (Fsp3) is 0. The van der Waals surface area contributed by atoms with Crippen molar-refractivity contribution in [2.24, 2.45) is 0 Å². The molecule has 0 saturated heterocycles. The van der Waals surface area contributed by atoms with Crippen LogP contribution in [0.5, 0.6) is 0 Å². The summed E-state index contributed by atoms with van der Waals surface area (Å²) in [7, 11) is -19.7. The van der Waals surface area contributed by atoms with Crippen LogP contribution in [0.3, 0.4) is 0 Å². The Morgan fingerprint density at radius 1 is 0.407 bits per heavy atom. The van der Waals surface area contributed by atoms with E-state index in [4.69, 9.17) is 70.1 Å². The molecule has 0 aromatic rings. The van der Waals surface area contributed by atoms with Gasteiger partial charge in [0.15, 0.2) is 0 Å². The summed E-state index contributed by atoms with van der Waals surface area (Å²) in [6, 6.07) is 0. The summed E-state index contributed by atoms with van der Waals surface area (Å²) in [6.45, 7) is 0. The van der Waals surface area contributed by atoms with E-state index in [9.17, 15) is 0 Å². The Kier molecular flexibility index (Phi) is 75.6. The summed E-state index contributed by atoms with van der Waals surface area (Å²) in [5.41, 5.74) is 0. The van der Waals surface area contributed by atoms with Gasteiger partial charge in [-0.15, -0.1) is 0 Å². The van der Waals surface area contributed by atoms with Gasteiger partial charge in [-0.3, -0.25) is 18.2 Å². The van der Waals surface area contributed by atoms with Gasteiger partial charge in [0.05, 0.1) is 0 Å². The summed E-state index contributed by atoms with van der Waals surface area (Å²) in [4.78, 5) is 0. The first-order valence-corrected chi connectivity index (χ1v) is 8.19. The predicted octanol–water partition coefficient (Wildman–Crippen LogP) is -4.98. The average molecular weight is 633 g/mol. The zero-order valence-corrected chi connectivity index (χ0v) is 19.1. The van der Waals surface area contributed by atoms with Crippen molar-refractivity contribution in [2.75, 3.05) is 0 Å². The van der Waals surface area contributed by atoms with Gasteiger partial charge in [0.1, 0.15) is 0 Å². The van der Waals surface area contributed by atoms with Crippen molar-refractivity contribution in [3.05, 3.63) is 0 Å². The molecule has 0 rings (SSSR count). The summed E-state index contributed by atoms with van der Waals surface area (Å²) in [6.07, 6.45) is 0. The topological polar surface area (TPSA) is 513 Å². The van der Waals surface area contributed by atoms with Gasteiger partial charge in [0.2, 0.25) is 41.6 Å². The van der Waals surface area contributed by atoms with Crippen LogP contribution in [0.25, 0.3) is 0 Å². The number of rotatable bonds is 0. The van der Waals surface area contributed by atoms with E-state index in [0.29, 0.717) is 0 Å². The van der Waals surface area contributed by atoms with Gasteiger partial charge in [0.25, 0.3) is 0 Å². The SMILES string of the molecule is N.N.N.N.O.O.O=S(=O)([O-])O.O=S(=O)([O-])O.O=S(=O)([O-])O.O=S(=O)([O-])O.[Ce+4]. The Labute approximate surface area is 187 Å². The second-order valence-electron chi connectivity index (χ2n) is 1.71. The van der Waals surface area contributed by atoms with Gasteiger partial charge >= 0.3 is 41.7 Å². The third-order valence-electron chi connectivity index (χ3n) is 0. The minimum Gasteiger partial charge on any atom is -0.726 e. The zero-order chi connectivity index (χ0) is 18.0. The molecule has 22 nitrogen and oxygen atoms in total. The maximum absolute atomic E-state index is 8.63. The van der Waals surface area contributed by atoms with E-state index in [-0.39, 0.29) is 77.3 Å². The number of hydrogen-bond acceptors (Lipinski definition) is 16. The van der Waals surface area contributed by atoms with Crippen LogP contribution in [-0.2, 0) is 41.6 Å². The summed E-state index contributed by atoms with van der Waals surface area (Å²) >= 11 is 0. The molecule has 0 aromatic carbocycles. The molecule has 27 heavy (non-hydrogen) atoms. The molecule has 27 heteroatoms. The molecule has 0 aliphatic rings. The Hall–Kier alpha value is 0.617. The van der Waals surface area contributed by atoms with Crippen molar-refractivity contribution in [1.82, 2.24) is 24.6 Å². The summed E-state index contributed by atoms with van der Waals surface area (Å²) < 4.78 is 131. The van der Waals surface area contributed by atoms with Crippen molar-refractivity contribution >= 4 is 41.6 Å². The second-order valence-corrected chi connectivity index (χ2v) is 5.13. The van der Waals surface area contributed by atoms with E-state index in [1.54, 1.807) is 0 Å². The fourth-order valence-corrected chi connectivity index (χ4v) is 0. The molecule has 0 aliphatic heterocycles. The van der Waals surface area contributed by atoms with Gasteiger partial charge in [-0.05, 0) is 0 Å². The maximum atomic E-state index is 8.63. The molecule has 0 aliphatic carbocycles. The predicted molar refractivity (Wildman–Crippen MR) is 76.6 cm³/mol. The normalized spacial score (nSPS) is 8.59. The van der Waals surface area contributed by atoms with Gasteiger partial charge in [-0.25, -0.2) is 33.7 Å². The second kappa shape index (κ2) is 28.8. The third-order valence-corrected chi connectivity index (χ3v) is 0. The van der Waals surface area contributed by atoms with E-state index < -0.39 is 41.6 Å². The largest absolute Gasteiger partial charge is 4.00 e. The molecule has 0 aromatic heterocycles. The zero-order valence-electron chi connectivity index (χ0n) is 12.6. The molecule has 0 radical (unpaired) electrons. The first-order valence-electron chi connectivity index (χ1n) is 2.73. The quantitative estimate of drug-likeness (QED) is 0.0914. The Balaban J connectivity index is -0.0000000129. The van der Waals surface area contributed by atoms with Crippen LogP contribution >= 0.6 is 0 Å². The van der Waals surface area contributed by atoms with Crippen LogP contribution in [0.1, 0.15) is 0 Å². The van der Waals surface area contributed by atoms with E-state index in [1.807, 2.05) is 0 Å². The van der Waals surface area contributed by atoms with Crippen molar-refractivity contribution in [1.29, 1.82) is 0 Å². The third kappa shape index (κ3) is 42400. The van der Waals surface area contributed by atoms with E-state index in [2.05, 4.69) is 0 Å². The first-order chi connectivity index (χ1) is 8.00. The molecule has 0 saturated carbocycles. The van der Waals surface area contributed by atoms with Crippen LogP contribution in [0.4, 0.5) is 0 Å². The molecule has 0 amide bonds. The van der Waals surface area contributed by atoms with E-state index in [1.165, 1.54) is 0 Å². The van der Waals surface area contributed by atoms with Crippen molar-refractivity contribution in [2.45, 2.75) is 0 Å². The van der Waals surface area contributed by atoms with Gasteiger partial charge in [-0.2, -0.15) is 0 Å². The molecule has 20 N–H and O–H groups in total. The van der Waals surface area contributed by atoms with Crippen molar-refractivity contribution < 1.29 is 123 Å². The molecule has 0 unspecified atom stereocenters. The van der Waals surface area contributed by atoms with E-state index >= 15 is 0 Å². The maximum Gasteiger partial charge on any atom is 4.00 e. The van der Waals surface area contributed by atoms with Crippen LogP contribution in [0.15, 0.2) is 0 Å². The molecule has 0 heterocycles. The van der Waals surface area contributed by atoms with Crippen molar-refractivity contribution in [3.8, 4) is 0 Å². The van der Waals surface area contributed by atoms with Crippen LogP contribution in [0, 0.1) is 41.7 Å². The van der Waals surface area contributed by atoms with Crippen LogP contribution < -0.4 is 24.6 Å². The summed E-state index contributed by atoms with van der Waals surface area (Å²) in [5.74, 6) is 0. The van der Waals surface area contributed by atoms with Crippen LogP contribution in [-0.4, -0.2) is 81.0 Å². The monoisotopic (exact) mass is 632 g/mol. The standard InChI is InChI=1S/Ce.4H3N.4H2O4S.2H2O/c;;;;;4*1-5(2,3)4;;/h;4*1H3;4*(H2,1,2,3,4);2*1H2/q+4;;;;;;;;;;/p-4. The molecule has 0 bridgehead atoms. The summed E-state index contributed by atoms with van der Waals surface area (Å²) in [5, 5.41) is 0.